The zero-order valence-electron chi connectivity index (χ0n) is 15.4. The molecular formula is C10H26Ca2N2O8. The van der Waals surface area contributed by atoms with Gasteiger partial charge >= 0.3 is 37.7 Å². The zero-order valence-corrected chi connectivity index (χ0v) is 17.8. The summed E-state index contributed by atoms with van der Waals surface area (Å²) in [4.78, 5) is 36.0. The van der Waals surface area contributed by atoms with E-state index in [-0.39, 0.29) is 78.3 Å². The van der Waals surface area contributed by atoms with Crippen LogP contribution in [0.25, 0.3) is 0 Å². The molecule has 0 fully saturated rings. The number of rotatable bonds is 1. The molecular weight excluding hydrogens is 356 g/mol. The van der Waals surface area contributed by atoms with Crippen molar-refractivity contribution in [2.24, 2.45) is 11.5 Å². The maximum Gasteiger partial charge on any atom is 2.00 e. The second kappa shape index (κ2) is 42.9. The minimum atomic E-state index is -0.833. The molecule has 0 amide bonds. The van der Waals surface area contributed by atoms with Crippen molar-refractivity contribution >= 4 is 99.4 Å². The van der Waals surface area contributed by atoms with E-state index in [4.69, 9.17) is 51.1 Å². The largest absolute Gasteiger partial charge is 2.00 e. The van der Waals surface area contributed by atoms with E-state index in [1.807, 2.05) is 0 Å². The van der Waals surface area contributed by atoms with E-state index in [1.165, 1.54) is 0 Å². The second-order valence-electron chi connectivity index (χ2n) is 2.65. The van der Waals surface area contributed by atoms with E-state index >= 15 is 0 Å². The first-order valence-corrected chi connectivity index (χ1v) is 5.03. The molecule has 12 heteroatoms. The molecule has 0 rings (SSSR count). The van der Waals surface area contributed by atoms with Gasteiger partial charge in [0.1, 0.15) is 0 Å². The fraction of sp³-hybridized carbons (Fsp3) is 0.600. The summed E-state index contributed by atoms with van der Waals surface area (Å²) in [7, 11) is 0. The van der Waals surface area contributed by atoms with Gasteiger partial charge in [-0.2, -0.15) is 0 Å². The van der Waals surface area contributed by atoms with E-state index in [0.717, 1.165) is 27.7 Å². The van der Waals surface area contributed by atoms with Crippen LogP contribution in [0, 0.1) is 0 Å². The number of hydrogen-bond acceptors (Lipinski definition) is 6. The molecule has 0 atom stereocenters. The Bertz CT molecular complexity index is 209. The van der Waals surface area contributed by atoms with Crippen LogP contribution < -0.4 is 11.5 Å². The Kier molecular flexibility index (Phi) is 84.3. The molecule has 0 saturated carbocycles. The van der Waals surface area contributed by atoms with Crippen molar-refractivity contribution in [1.82, 2.24) is 0 Å². The molecule has 0 aliphatic carbocycles. The van der Waals surface area contributed by atoms with Crippen molar-refractivity contribution in [3.05, 3.63) is 0 Å². The Labute approximate surface area is 192 Å². The van der Waals surface area contributed by atoms with Crippen LogP contribution in [-0.4, -0.2) is 133 Å². The van der Waals surface area contributed by atoms with E-state index in [9.17, 15) is 0 Å². The molecule has 8 N–H and O–H groups in total. The van der Waals surface area contributed by atoms with Gasteiger partial charge in [-0.05, 0) is 0 Å². The molecule has 0 aliphatic heterocycles. The molecule has 2 radical (unpaired) electrons. The molecule has 22 heavy (non-hydrogen) atoms. The minimum absolute atomic E-state index is 0. The van der Waals surface area contributed by atoms with Gasteiger partial charge in [-0.3, -0.25) is 19.2 Å². The quantitative estimate of drug-likeness (QED) is 0.297. The molecule has 0 saturated heterocycles. The summed E-state index contributed by atoms with van der Waals surface area (Å²) in [5.74, 6) is -3.33. The van der Waals surface area contributed by atoms with E-state index in [2.05, 4.69) is 0 Å². The van der Waals surface area contributed by atoms with Gasteiger partial charge in [-0.15, -0.1) is 0 Å². The topological polar surface area (TPSA) is 201 Å². The average Bonchev–Trinajstić information content (AvgIpc) is 2.13. The van der Waals surface area contributed by atoms with Crippen LogP contribution in [0.3, 0.4) is 0 Å². The van der Waals surface area contributed by atoms with Gasteiger partial charge in [0, 0.05) is 78.5 Å². The number of aliphatic carboxylic acids is 4. The van der Waals surface area contributed by atoms with Gasteiger partial charge in [0.25, 0.3) is 23.9 Å². The number of carboxylic acid groups (broad SMARTS) is 4. The number of carboxylic acids is 4. The smallest absolute Gasteiger partial charge is 1.00 e. The predicted molar refractivity (Wildman–Crippen MR) is 85.1 cm³/mol. The molecule has 0 aliphatic rings. The molecule has 0 unspecified atom stereocenters. The summed E-state index contributed by atoms with van der Waals surface area (Å²) in [5.41, 5.74) is 9.81. The van der Waals surface area contributed by atoms with Crippen LogP contribution in [0.2, 0.25) is 0 Å². The summed E-state index contributed by atoms with van der Waals surface area (Å²) in [6.07, 6.45) is 0. The van der Waals surface area contributed by atoms with Crippen molar-refractivity contribution in [3.63, 3.8) is 0 Å². The van der Waals surface area contributed by atoms with Crippen molar-refractivity contribution in [2.75, 3.05) is 13.1 Å². The SMILES string of the molecule is CC(=O)O.CC(=O)O.CC(=O)O.CC(=O)O.NCCN.[Ca+2].[Ca].[H-].[H-]. The van der Waals surface area contributed by atoms with Gasteiger partial charge in [-0.1, -0.05) is 0 Å². The van der Waals surface area contributed by atoms with Crippen molar-refractivity contribution in [3.8, 4) is 0 Å². The van der Waals surface area contributed by atoms with Crippen LogP contribution in [0.1, 0.15) is 30.5 Å². The van der Waals surface area contributed by atoms with Crippen molar-refractivity contribution < 1.29 is 42.5 Å². The Morgan fingerprint density at radius 3 is 0.727 bits per heavy atom. The third kappa shape index (κ3) is 4360. The Morgan fingerprint density at radius 2 is 0.727 bits per heavy atom. The zero-order chi connectivity index (χ0) is 17.7. The monoisotopic (exact) mass is 382 g/mol. The molecule has 10 nitrogen and oxygen atoms in total. The number of nitrogens with two attached hydrogens (primary N) is 2. The first kappa shape index (κ1) is 43.2. The summed E-state index contributed by atoms with van der Waals surface area (Å²) >= 11 is 0. The summed E-state index contributed by atoms with van der Waals surface area (Å²) in [6, 6.07) is 0. The molecule has 0 aromatic heterocycles. The van der Waals surface area contributed by atoms with E-state index in [0.29, 0.717) is 13.1 Å². The second-order valence-corrected chi connectivity index (χ2v) is 2.65. The molecule has 0 heterocycles. The summed E-state index contributed by atoms with van der Waals surface area (Å²) in [6.45, 7) is 5.53. The third-order valence-electron chi connectivity index (χ3n) is 0.167. The third-order valence-corrected chi connectivity index (χ3v) is 0.167. The minimum Gasteiger partial charge on any atom is -1.00 e. The maximum absolute atomic E-state index is 9.00. The van der Waals surface area contributed by atoms with Gasteiger partial charge in [0.05, 0.1) is 0 Å². The number of carbonyl (C=O) groups is 4. The molecule has 0 spiro atoms. The predicted octanol–water partition coefficient (Wildman–Crippen LogP) is -1.27. The average molecular weight is 382 g/mol. The normalized spacial score (nSPS) is 5.91. The molecule has 0 aromatic rings. The van der Waals surface area contributed by atoms with Crippen LogP contribution in [0.5, 0.6) is 0 Å². The van der Waals surface area contributed by atoms with E-state index < -0.39 is 23.9 Å². The van der Waals surface area contributed by atoms with E-state index in [1.54, 1.807) is 0 Å². The molecule has 128 valence electrons. The fourth-order valence-corrected chi connectivity index (χ4v) is 0. The van der Waals surface area contributed by atoms with Crippen LogP contribution in [0.15, 0.2) is 0 Å². The van der Waals surface area contributed by atoms with Crippen LogP contribution in [0.4, 0.5) is 0 Å². The van der Waals surface area contributed by atoms with Gasteiger partial charge < -0.3 is 34.7 Å². The van der Waals surface area contributed by atoms with Gasteiger partial charge in [0.15, 0.2) is 0 Å². The Balaban J connectivity index is -0.0000000161. The first-order valence-electron chi connectivity index (χ1n) is 5.03. The molecule has 0 bridgehead atoms. The van der Waals surface area contributed by atoms with Crippen LogP contribution in [-0.2, 0) is 19.2 Å². The van der Waals surface area contributed by atoms with Crippen molar-refractivity contribution in [2.45, 2.75) is 27.7 Å². The van der Waals surface area contributed by atoms with Crippen LogP contribution >= 0.6 is 0 Å². The fourth-order valence-electron chi connectivity index (χ4n) is 0. The standard InChI is InChI=1S/C2H8N2.4C2H4O2.2Ca.2H/c3-1-2-4;4*1-2(3)4;;;;/h1-4H2;4*1H3,(H,3,4);;;;/q;;;;;;+2;2*-1. The van der Waals surface area contributed by atoms with Gasteiger partial charge in [-0.25, -0.2) is 0 Å². The van der Waals surface area contributed by atoms with Gasteiger partial charge in [0.2, 0.25) is 0 Å². The number of hydrogen-bond donors (Lipinski definition) is 6. The summed E-state index contributed by atoms with van der Waals surface area (Å²) < 4.78 is 0. The first-order chi connectivity index (χ1) is 8.84. The Hall–Kier alpha value is 0.319. The summed E-state index contributed by atoms with van der Waals surface area (Å²) in [5, 5.41) is 29.7. The molecule has 0 aromatic carbocycles. The Morgan fingerprint density at radius 1 is 0.682 bits per heavy atom. The maximum atomic E-state index is 9.00. The van der Waals surface area contributed by atoms with Crippen molar-refractivity contribution in [1.29, 1.82) is 0 Å².